The van der Waals surface area contributed by atoms with E-state index in [1.807, 2.05) is 13.8 Å². The predicted molar refractivity (Wildman–Crippen MR) is 80.4 cm³/mol. The third kappa shape index (κ3) is 6.21. The standard InChI is InChI=1S/C13H21N3O4S/c1-10(2)20-9-13(17)16-11-4-3-5-12(8-11)21(18,19)15-7-6-14/h3-5,8,10,15H,6-7,9,14H2,1-2H3,(H,16,17). The Labute approximate surface area is 124 Å². The van der Waals surface area contributed by atoms with Crippen LogP contribution in [0.25, 0.3) is 0 Å². The highest BCUT2D eigenvalue weighted by Gasteiger charge is 2.14. The fourth-order valence-corrected chi connectivity index (χ4v) is 2.55. The number of hydrogen-bond acceptors (Lipinski definition) is 5. The normalized spacial score (nSPS) is 11.6. The fourth-order valence-electron chi connectivity index (χ4n) is 1.46. The summed E-state index contributed by atoms with van der Waals surface area (Å²) in [5.74, 6) is -0.340. The second kappa shape index (κ2) is 8.08. The molecule has 0 atom stereocenters. The van der Waals surface area contributed by atoms with Gasteiger partial charge in [0.25, 0.3) is 0 Å². The Bertz CT molecular complexity index is 573. The maximum atomic E-state index is 11.9. The molecule has 0 heterocycles. The molecule has 0 fully saturated rings. The summed E-state index contributed by atoms with van der Waals surface area (Å²) < 4.78 is 31.4. The minimum Gasteiger partial charge on any atom is -0.369 e. The van der Waals surface area contributed by atoms with Gasteiger partial charge in [-0.05, 0) is 32.0 Å². The number of carbonyl (C=O) groups excluding carboxylic acids is 1. The van der Waals surface area contributed by atoms with Crippen LogP contribution in [-0.2, 0) is 19.6 Å². The molecule has 7 nitrogen and oxygen atoms in total. The molecule has 1 amide bonds. The van der Waals surface area contributed by atoms with E-state index in [2.05, 4.69) is 10.0 Å². The zero-order valence-electron chi connectivity index (χ0n) is 12.1. The first-order chi connectivity index (χ1) is 9.85. The predicted octanol–water partition coefficient (Wildman–Crippen LogP) is 0.287. The molecule has 0 aliphatic heterocycles. The number of amides is 1. The van der Waals surface area contributed by atoms with Gasteiger partial charge in [0.15, 0.2) is 0 Å². The molecule has 1 rings (SSSR count). The van der Waals surface area contributed by atoms with Crippen molar-refractivity contribution in [2.45, 2.75) is 24.8 Å². The molecule has 0 bridgehead atoms. The maximum absolute atomic E-state index is 11.9. The van der Waals surface area contributed by atoms with Crippen LogP contribution >= 0.6 is 0 Å². The van der Waals surface area contributed by atoms with E-state index in [0.717, 1.165) is 0 Å². The number of carbonyl (C=O) groups is 1. The molecule has 0 radical (unpaired) electrons. The monoisotopic (exact) mass is 315 g/mol. The summed E-state index contributed by atoms with van der Waals surface area (Å²) in [5, 5.41) is 2.59. The minimum atomic E-state index is -3.62. The number of ether oxygens (including phenoxy) is 1. The summed E-state index contributed by atoms with van der Waals surface area (Å²) in [6.07, 6.45) is -0.0528. The van der Waals surface area contributed by atoms with Gasteiger partial charge in [-0.25, -0.2) is 13.1 Å². The van der Waals surface area contributed by atoms with Crippen molar-refractivity contribution in [2.24, 2.45) is 5.73 Å². The van der Waals surface area contributed by atoms with E-state index >= 15 is 0 Å². The third-order valence-corrected chi connectivity index (χ3v) is 3.87. The molecule has 1 aromatic rings. The van der Waals surface area contributed by atoms with Crippen molar-refractivity contribution in [1.82, 2.24) is 4.72 Å². The van der Waals surface area contributed by atoms with Gasteiger partial charge in [0, 0.05) is 18.8 Å². The van der Waals surface area contributed by atoms with Gasteiger partial charge in [-0.15, -0.1) is 0 Å². The Kier molecular flexibility index (Phi) is 6.76. The van der Waals surface area contributed by atoms with Crippen LogP contribution in [0.4, 0.5) is 5.69 Å². The summed E-state index contributed by atoms with van der Waals surface area (Å²) in [7, 11) is -3.62. The lowest BCUT2D eigenvalue weighted by Gasteiger charge is -2.10. The zero-order valence-corrected chi connectivity index (χ0v) is 12.9. The molecule has 4 N–H and O–H groups in total. The van der Waals surface area contributed by atoms with Crippen molar-refractivity contribution in [3.63, 3.8) is 0 Å². The number of nitrogens with one attached hydrogen (secondary N) is 2. The summed E-state index contributed by atoms with van der Waals surface area (Å²) in [6, 6.07) is 5.98. The topological polar surface area (TPSA) is 111 Å². The molecule has 0 aliphatic rings. The Morgan fingerprint density at radius 2 is 2.10 bits per heavy atom. The second-order valence-corrected chi connectivity index (χ2v) is 6.39. The Hall–Kier alpha value is -1.48. The number of hydrogen-bond donors (Lipinski definition) is 3. The first-order valence-corrected chi connectivity index (χ1v) is 8.04. The van der Waals surface area contributed by atoms with Gasteiger partial charge in [-0.1, -0.05) is 6.07 Å². The molecule has 118 valence electrons. The van der Waals surface area contributed by atoms with E-state index < -0.39 is 10.0 Å². The van der Waals surface area contributed by atoms with E-state index in [1.165, 1.54) is 12.1 Å². The van der Waals surface area contributed by atoms with Crippen molar-refractivity contribution < 1.29 is 17.9 Å². The van der Waals surface area contributed by atoms with Crippen LogP contribution in [-0.4, -0.2) is 40.1 Å². The lowest BCUT2D eigenvalue weighted by atomic mass is 10.3. The summed E-state index contributed by atoms with van der Waals surface area (Å²) in [6.45, 7) is 3.93. The average molecular weight is 315 g/mol. The highest BCUT2D eigenvalue weighted by molar-refractivity contribution is 7.89. The number of rotatable bonds is 8. The van der Waals surface area contributed by atoms with Crippen molar-refractivity contribution in [2.75, 3.05) is 25.0 Å². The van der Waals surface area contributed by atoms with Crippen molar-refractivity contribution in [1.29, 1.82) is 0 Å². The van der Waals surface area contributed by atoms with Gasteiger partial charge in [-0.3, -0.25) is 4.79 Å². The molecule has 0 aliphatic carbocycles. The number of sulfonamides is 1. The lowest BCUT2D eigenvalue weighted by Crippen LogP contribution is -2.29. The molecular formula is C13H21N3O4S. The molecule has 0 saturated carbocycles. The van der Waals surface area contributed by atoms with Crippen LogP contribution in [0, 0.1) is 0 Å². The molecule has 21 heavy (non-hydrogen) atoms. The largest absolute Gasteiger partial charge is 0.369 e. The van der Waals surface area contributed by atoms with Gasteiger partial charge >= 0.3 is 0 Å². The number of benzene rings is 1. The lowest BCUT2D eigenvalue weighted by molar-refractivity contribution is -0.121. The van der Waals surface area contributed by atoms with E-state index in [0.29, 0.717) is 5.69 Å². The minimum absolute atomic E-state index is 0.0528. The van der Waals surface area contributed by atoms with Crippen LogP contribution in [0.2, 0.25) is 0 Å². The van der Waals surface area contributed by atoms with Gasteiger partial charge in [0.05, 0.1) is 11.0 Å². The van der Waals surface area contributed by atoms with E-state index in [-0.39, 0.29) is 36.6 Å². The van der Waals surface area contributed by atoms with Crippen LogP contribution in [0.5, 0.6) is 0 Å². The summed E-state index contributed by atoms with van der Waals surface area (Å²) in [4.78, 5) is 11.7. The van der Waals surface area contributed by atoms with E-state index in [9.17, 15) is 13.2 Å². The van der Waals surface area contributed by atoms with Crippen LogP contribution < -0.4 is 15.8 Å². The highest BCUT2D eigenvalue weighted by atomic mass is 32.2. The van der Waals surface area contributed by atoms with Gasteiger partial charge < -0.3 is 15.8 Å². The molecule has 0 unspecified atom stereocenters. The van der Waals surface area contributed by atoms with Crippen LogP contribution in [0.1, 0.15) is 13.8 Å². The quantitative estimate of drug-likeness (QED) is 0.638. The second-order valence-electron chi connectivity index (χ2n) is 4.62. The van der Waals surface area contributed by atoms with Crippen molar-refractivity contribution in [3.05, 3.63) is 24.3 Å². The third-order valence-electron chi connectivity index (χ3n) is 2.41. The van der Waals surface area contributed by atoms with Crippen molar-refractivity contribution >= 4 is 21.6 Å². The van der Waals surface area contributed by atoms with Crippen LogP contribution in [0.15, 0.2) is 29.2 Å². The van der Waals surface area contributed by atoms with E-state index in [4.69, 9.17) is 10.5 Å². The summed E-state index contributed by atoms with van der Waals surface area (Å²) in [5.41, 5.74) is 5.66. The SMILES string of the molecule is CC(C)OCC(=O)Nc1cccc(S(=O)(=O)NCCN)c1. The molecule has 0 saturated heterocycles. The first kappa shape index (κ1) is 17.6. The highest BCUT2D eigenvalue weighted by Crippen LogP contribution is 2.15. The fraction of sp³-hybridized carbons (Fsp3) is 0.462. The first-order valence-electron chi connectivity index (χ1n) is 6.56. The zero-order chi connectivity index (χ0) is 15.9. The molecule has 8 heteroatoms. The molecule has 0 aromatic heterocycles. The van der Waals surface area contributed by atoms with E-state index in [1.54, 1.807) is 12.1 Å². The van der Waals surface area contributed by atoms with Gasteiger partial charge in [-0.2, -0.15) is 0 Å². The number of nitrogens with two attached hydrogens (primary N) is 1. The Morgan fingerprint density at radius 3 is 2.71 bits per heavy atom. The Morgan fingerprint density at radius 1 is 1.38 bits per heavy atom. The molecular weight excluding hydrogens is 294 g/mol. The van der Waals surface area contributed by atoms with Gasteiger partial charge in [0.2, 0.25) is 15.9 Å². The Balaban J connectivity index is 2.74. The summed E-state index contributed by atoms with van der Waals surface area (Å²) >= 11 is 0. The molecule has 1 aromatic carbocycles. The maximum Gasteiger partial charge on any atom is 0.250 e. The number of anilines is 1. The van der Waals surface area contributed by atoms with Gasteiger partial charge in [0.1, 0.15) is 6.61 Å². The average Bonchev–Trinajstić information content (AvgIpc) is 2.43. The van der Waals surface area contributed by atoms with Crippen LogP contribution in [0.3, 0.4) is 0 Å². The smallest absolute Gasteiger partial charge is 0.250 e. The van der Waals surface area contributed by atoms with Crippen molar-refractivity contribution in [3.8, 4) is 0 Å². The molecule has 0 spiro atoms.